The maximum atomic E-state index is 12.3. The van der Waals surface area contributed by atoms with Crippen molar-refractivity contribution in [2.75, 3.05) is 17.7 Å². The quantitative estimate of drug-likeness (QED) is 0.884. The summed E-state index contributed by atoms with van der Waals surface area (Å²) in [7, 11) is 1.26. The number of carbonyl (C=O) groups is 2. The van der Waals surface area contributed by atoms with Crippen LogP contribution in [-0.2, 0) is 4.74 Å². The Morgan fingerprint density at radius 3 is 2.33 bits per heavy atom. The van der Waals surface area contributed by atoms with E-state index in [4.69, 9.17) is 0 Å². The Bertz CT molecular complexity index is 656. The summed E-state index contributed by atoms with van der Waals surface area (Å²) in [5.74, 6) is -0.315. The van der Waals surface area contributed by atoms with Crippen molar-refractivity contribution in [2.45, 2.75) is 0 Å². The van der Waals surface area contributed by atoms with E-state index in [0.29, 0.717) is 16.9 Å². The number of para-hydroxylation sites is 1. The lowest BCUT2D eigenvalue weighted by molar-refractivity contribution is 0.102. The molecule has 0 saturated heterocycles. The molecule has 0 heterocycles. The Kier molecular flexibility index (Phi) is 4.94. The van der Waals surface area contributed by atoms with Crippen LogP contribution in [0.3, 0.4) is 0 Å². The lowest BCUT2D eigenvalue weighted by Crippen LogP contribution is -2.17. The molecule has 0 fully saturated rings. The number of benzene rings is 2. The third-order valence-electron chi connectivity index (χ3n) is 2.70. The first-order valence-corrected chi connectivity index (χ1v) is 6.90. The van der Waals surface area contributed by atoms with E-state index in [1.54, 1.807) is 36.4 Å². The van der Waals surface area contributed by atoms with Gasteiger partial charge in [0.15, 0.2) is 0 Å². The lowest BCUT2D eigenvalue weighted by Gasteiger charge is -2.10. The molecule has 0 unspecified atom stereocenters. The van der Waals surface area contributed by atoms with Crippen LogP contribution in [0, 0.1) is 0 Å². The number of hydrogen-bond donors (Lipinski definition) is 2. The van der Waals surface area contributed by atoms with Crippen LogP contribution in [0.25, 0.3) is 0 Å². The molecule has 2 aromatic rings. The van der Waals surface area contributed by atoms with Crippen molar-refractivity contribution in [3.63, 3.8) is 0 Å². The highest BCUT2D eigenvalue weighted by molar-refractivity contribution is 9.10. The van der Waals surface area contributed by atoms with E-state index >= 15 is 0 Å². The number of hydrogen-bond acceptors (Lipinski definition) is 3. The summed E-state index contributed by atoms with van der Waals surface area (Å²) in [6, 6.07) is 13.9. The summed E-state index contributed by atoms with van der Waals surface area (Å²) >= 11 is 3.33. The van der Waals surface area contributed by atoms with Crippen molar-refractivity contribution in [1.82, 2.24) is 0 Å². The van der Waals surface area contributed by atoms with Gasteiger partial charge in [0.1, 0.15) is 0 Å². The van der Waals surface area contributed by atoms with Crippen molar-refractivity contribution in [2.24, 2.45) is 0 Å². The van der Waals surface area contributed by atoms with Gasteiger partial charge in [-0.1, -0.05) is 28.1 Å². The van der Waals surface area contributed by atoms with E-state index in [9.17, 15) is 9.59 Å². The van der Waals surface area contributed by atoms with Crippen molar-refractivity contribution >= 4 is 39.3 Å². The van der Waals surface area contributed by atoms with E-state index in [1.807, 2.05) is 12.1 Å². The molecule has 0 aliphatic heterocycles. The summed E-state index contributed by atoms with van der Waals surface area (Å²) in [5.41, 5.74) is 1.40. The third kappa shape index (κ3) is 4.06. The summed E-state index contributed by atoms with van der Waals surface area (Å²) in [5, 5.41) is 5.27. The zero-order valence-corrected chi connectivity index (χ0v) is 12.8. The molecule has 21 heavy (non-hydrogen) atoms. The number of carbonyl (C=O) groups excluding carboxylic acids is 2. The Morgan fingerprint density at radius 2 is 1.67 bits per heavy atom. The number of methoxy groups -OCH3 is 1. The van der Waals surface area contributed by atoms with Crippen LogP contribution in [0.2, 0.25) is 0 Å². The van der Waals surface area contributed by atoms with Gasteiger partial charge in [-0.15, -0.1) is 0 Å². The molecule has 0 aromatic heterocycles. The van der Waals surface area contributed by atoms with E-state index in [1.165, 1.54) is 7.11 Å². The number of nitrogens with one attached hydrogen (secondary N) is 2. The highest BCUT2D eigenvalue weighted by atomic mass is 79.9. The topological polar surface area (TPSA) is 67.4 Å². The second-order valence-corrected chi connectivity index (χ2v) is 5.04. The molecule has 0 atom stereocenters. The Hall–Kier alpha value is -2.34. The predicted molar refractivity (Wildman–Crippen MR) is 84.6 cm³/mol. The predicted octanol–water partition coefficient (Wildman–Crippen LogP) is 3.88. The van der Waals surface area contributed by atoms with Gasteiger partial charge in [-0.25, -0.2) is 4.79 Å². The fourth-order valence-electron chi connectivity index (χ4n) is 1.68. The van der Waals surface area contributed by atoms with Crippen molar-refractivity contribution in [1.29, 1.82) is 0 Å². The molecule has 2 amide bonds. The van der Waals surface area contributed by atoms with Gasteiger partial charge in [-0.3, -0.25) is 10.1 Å². The highest BCUT2D eigenvalue weighted by Gasteiger charge is 2.13. The number of amides is 2. The van der Waals surface area contributed by atoms with Gasteiger partial charge < -0.3 is 10.1 Å². The molecular formula is C15H13BrN2O3. The minimum atomic E-state index is -0.626. The number of anilines is 2. The van der Waals surface area contributed by atoms with Crippen LogP contribution in [0.5, 0.6) is 0 Å². The smallest absolute Gasteiger partial charge is 0.411 e. The van der Waals surface area contributed by atoms with Gasteiger partial charge in [-0.2, -0.15) is 0 Å². The summed E-state index contributed by atoms with van der Waals surface area (Å²) in [6.07, 6.45) is -0.626. The van der Waals surface area contributed by atoms with Crippen LogP contribution in [0.4, 0.5) is 16.2 Å². The molecule has 0 radical (unpaired) electrons. The average molecular weight is 349 g/mol. The molecule has 2 aromatic carbocycles. The first kappa shape index (κ1) is 15.1. The first-order chi connectivity index (χ1) is 10.1. The molecule has 0 aliphatic carbocycles. The molecule has 2 rings (SSSR count). The largest absolute Gasteiger partial charge is 0.453 e. The van der Waals surface area contributed by atoms with Gasteiger partial charge in [0.05, 0.1) is 18.4 Å². The fourth-order valence-corrected chi connectivity index (χ4v) is 1.95. The fraction of sp³-hybridized carbons (Fsp3) is 0.0667. The van der Waals surface area contributed by atoms with Crippen LogP contribution in [-0.4, -0.2) is 19.1 Å². The molecule has 5 nitrogen and oxygen atoms in total. The van der Waals surface area contributed by atoms with E-state index in [2.05, 4.69) is 31.3 Å². The molecule has 0 bridgehead atoms. The monoisotopic (exact) mass is 348 g/mol. The zero-order valence-electron chi connectivity index (χ0n) is 11.2. The number of rotatable bonds is 3. The molecule has 6 heteroatoms. The Morgan fingerprint density at radius 1 is 1.00 bits per heavy atom. The van der Waals surface area contributed by atoms with Gasteiger partial charge >= 0.3 is 6.09 Å². The summed E-state index contributed by atoms with van der Waals surface area (Å²) in [6.45, 7) is 0. The maximum absolute atomic E-state index is 12.3. The average Bonchev–Trinajstić information content (AvgIpc) is 2.50. The second kappa shape index (κ2) is 6.90. The zero-order chi connectivity index (χ0) is 15.2. The van der Waals surface area contributed by atoms with E-state index < -0.39 is 6.09 Å². The minimum Gasteiger partial charge on any atom is -0.453 e. The van der Waals surface area contributed by atoms with Crippen molar-refractivity contribution in [3.8, 4) is 0 Å². The molecular weight excluding hydrogens is 336 g/mol. The minimum absolute atomic E-state index is 0.315. The van der Waals surface area contributed by atoms with Crippen molar-refractivity contribution in [3.05, 3.63) is 58.6 Å². The van der Waals surface area contributed by atoms with Crippen LogP contribution in [0.1, 0.15) is 10.4 Å². The van der Waals surface area contributed by atoms with Gasteiger partial charge in [0, 0.05) is 10.2 Å². The lowest BCUT2D eigenvalue weighted by atomic mass is 10.1. The second-order valence-electron chi connectivity index (χ2n) is 4.12. The van der Waals surface area contributed by atoms with Gasteiger partial charge in [0.25, 0.3) is 5.91 Å². The molecule has 108 valence electrons. The normalized spacial score (nSPS) is 9.81. The SMILES string of the molecule is COC(=O)Nc1ccccc1C(=O)Nc1ccc(Br)cc1. The van der Waals surface area contributed by atoms with E-state index in [0.717, 1.165) is 4.47 Å². The third-order valence-corrected chi connectivity index (χ3v) is 3.22. The Balaban J connectivity index is 2.18. The molecule has 0 saturated carbocycles. The Labute approximate surface area is 130 Å². The van der Waals surface area contributed by atoms with E-state index in [-0.39, 0.29) is 5.91 Å². The molecule has 2 N–H and O–H groups in total. The first-order valence-electron chi connectivity index (χ1n) is 6.11. The highest BCUT2D eigenvalue weighted by Crippen LogP contribution is 2.19. The molecule has 0 aliphatic rings. The molecule has 0 spiro atoms. The van der Waals surface area contributed by atoms with Crippen molar-refractivity contribution < 1.29 is 14.3 Å². The summed E-state index contributed by atoms with van der Waals surface area (Å²) in [4.78, 5) is 23.6. The van der Waals surface area contributed by atoms with Crippen LogP contribution < -0.4 is 10.6 Å². The van der Waals surface area contributed by atoms with Crippen LogP contribution >= 0.6 is 15.9 Å². The number of ether oxygens (including phenoxy) is 1. The number of halogens is 1. The van der Waals surface area contributed by atoms with Gasteiger partial charge in [0.2, 0.25) is 0 Å². The summed E-state index contributed by atoms with van der Waals surface area (Å²) < 4.78 is 5.46. The standard InChI is InChI=1S/C15H13BrN2O3/c1-21-15(20)18-13-5-3-2-4-12(13)14(19)17-11-8-6-10(16)7-9-11/h2-9H,1H3,(H,17,19)(H,18,20). The maximum Gasteiger partial charge on any atom is 0.411 e. The van der Waals surface area contributed by atoms with Gasteiger partial charge in [-0.05, 0) is 36.4 Å². The van der Waals surface area contributed by atoms with Crippen LogP contribution in [0.15, 0.2) is 53.0 Å².